The number of rotatable bonds is 5. The summed E-state index contributed by atoms with van der Waals surface area (Å²) in [7, 11) is 0. The van der Waals surface area contributed by atoms with Crippen LogP contribution in [0.1, 0.15) is 13.8 Å². The van der Waals surface area contributed by atoms with E-state index in [0.29, 0.717) is 6.54 Å². The molecule has 2 aromatic heterocycles. The van der Waals surface area contributed by atoms with Gasteiger partial charge in [-0.2, -0.15) is 5.10 Å². The van der Waals surface area contributed by atoms with Crippen LogP contribution in [-0.2, 0) is 0 Å². The number of oxime groups is 1. The zero-order chi connectivity index (χ0) is 13.8. The summed E-state index contributed by atoms with van der Waals surface area (Å²) in [6, 6.07) is 1.92. The predicted molar refractivity (Wildman–Crippen MR) is 73.4 cm³/mol. The lowest BCUT2D eigenvalue weighted by Gasteiger charge is -2.25. The summed E-state index contributed by atoms with van der Waals surface area (Å²) < 4.78 is 1.78. The van der Waals surface area contributed by atoms with Gasteiger partial charge in [0.1, 0.15) is 11.4 Å². The second kappa shape index (κ2) is 5.55. The second-order valence-electron chi connectivity index (χ2n) is 4.38. The van der Waals surface area contributed by atoms with Gasteiger partial charge >= 0.3 is 0 Å². The number of hydrogen-bond donors (Lipinski definition) is 2. The van der Waals surface area contributed by atoms with E-state index in [1.807, 2.05) is 19.9 Å². The van der Waals surface area contributed by atoms with Crippen LogP contribution in [-0.4, -0.2) is 38.7 Å². The highest BCUT2D eigenvalue weighted by molar-refractivity contribution is 5.82. The average Bonchev–Trinajstić information content (AvgIpc) is 2.91. The number of hydrogen-bond acceptors (Lipinski definition) is 5. The molecule has 2 heterocycles. The number of anilines is 1. The van der Waals surface area contributed by atoms with Crippen LogP contribution in [0.3, 0.4) is 0 Å². The van der Waals surface area contributed by atoms with E-state index in [1.54, 1.807) is 23.1 Å². The van der Waals surface area contributed by atoms with Crippen LogP contribution in [0.25, 0.3) is 5.52 Å². The summed E-state index contributed by atoms with van der Waals surface area (Å²) in [5.74, 6) is 1.01. The van der Waals surface area contributed by atoms with E-state index in [2.05, 4.69) is 20.1 Å². The molecule has 0 aliphatic rings. The summed E-state index contributed by atoms with van der Waals surface area (Å²) in [4.78, 5) is 6.49. The first-order chi connectivity index (χ1) is 9.17. The van der Waals surface area contributed by atoms with E-state index in [0.717, 1.165) is 17.9 Å². The fraction of sp³-hybridized carbons (Fsp3) is 0.417. The van der Waals surface area contributed by atoms with Crippen LogP contribution in [0.2, 0.25) is 0 Å². The van der Waals surface area contributed by atoms with Gasteiger partial charge in [0.25, 0.3) is 0 Å². The Hall–Kier alpha value is -2.31. The molecule has 2 rings (SSSR count). The number of fused-ring (bicyclic) bond motifs is 1. The highest BCUT2D eigenvalue weighted by Gasteiger charge is 2.16. The molecule has 0 spiro atoms. The third-order valence-electron chi connectivity index (χ3n) is 3.10. The predicted octanol–water partition coefficient (Wildman–Crippen LogP) is 0.938. The molecule has 0 bridgehead atoms. The van der Waals surface area contributed by atoms with Crippen molar-refractivity contribution in [1.82, 2.24) is 14.6 Å². The summed E-state index contributed by atoms with van der Waals surface area (Å²) >= 11 is 0. The van der Waals surface area contributed by atoms with Crippen molar-refractivity contribution >= 4 is 17.2 Å². The Bertz CT molecular complexity index is 578. The lowest BCUT2D eigenvalue weighted by atomic mass is 10.1. The van der Waals surface area contributed by atoms with Gasteiger partial charge in [-0.3, -0.25) is 0 Å². The first-order valence-electron chi connectivity index (χ1n) is 6.18. The first-order valence-corrected chi connectivity index (χ1v) is 6.18. The van der Waals surface area contributed by atoms with Gasteiger partial charge in [0, 0.05) is 31.4 Å². The van der Waals surface area contributed by atoms with Gasteiger partial charge in [-0.05, 0) is 13.0 Å². The highest BCUT2D eigenvalue weighted by Crippen LogP contribution is 2.19. The van der Waals surface area contributed by atoms with Crippen molar-refractivity contribution in [2.45, 2.75) is 13.8 Å². The largest absolute Gasteiger partial charge is 0.409 e. The summed E-state index contributed by atoms with van der Waals surface area (Å²) in [6.45, 7) is 5.36. The van der Waals surface area contributed by atoms with Gasteiger partial charge in [0.15, 0.2) is 5.82 Å². The van der Waals surface area contributed by atoms with Gasteiger partial charge in [-0.1, -0.05) is 12.1 Å². The van der Waals surface area contributed by atoms with Gasteiger partial charge in [0.2, 0.25) is 0 Å². The SMILES string of the molecule is CCN(CC(C)/C(N)=N/O)c1nccn2nccc12. The average molecular weight is 262 g/mol. The molecule has 3 N–H and O–H groups in total. The molecule has 0 saturated carbocycles. The molecule has 0 fully saturated rings. The Morgan fingerprint density at radius 2 is 2.37 bits per heavy atom. The Morgan fingerprint density at radius 3 is 3.05 bits per heavy atom. The van der Waals surface area contributed by atoms with E-state index >= 15 is 0 Å². The molecule has 0 aromatic carbocycles. The lowest BCUT2D eigenvalue weighted by molar-refractivity contribution is 0.314. The summed E-state index contributed by atoms with van der Waals surface area (Å²) in [6.07, 6.45) is 5.26. The van der Waals surface area contributed by atoms with Crippen molar-refractivity contribution in [2.75, 3.05) is 18.0 Å². The molecule has 7 nitrogen and oxygen atoms in total. The van der Waals surface area contributed by atoms with Gasteiger partial charge in [-0.15, -0.1) is 0 Å². The molecular formula is C12H18N6O. The van der Waals surface area contributed by atoms with E-state index < -0.39 is 0 Å². The van der Waals surface area contributed by atoms with Crippen LogP contribution < -0.4 is 10.6 Å². The van der Waals surface area contributed by atoms with Crippen LogP contribution in [0.4, 0.5) is 5.82 Å². The van der Waals surface area contributed by atoms with Crippen molar-refractivity contribution < 1.29 is 5.21 Å². The van der Waals surface area contributed by atoms with Crippen LogP contribution in [0, 0.1) is 5.92 Å². The molecule has 0 saturated heterocycles. The lowest BCUT2D eigenvalue weighted by Crippen LogP contribution is -2.35. The van der Waals surface area contributed by atoms with E-state index in [1.165, 1.54) is 0 Å². The minimum absolute atomic E-state index is 0.0603. The van der Waals surface area contributed by atoms with E-state index in [4.69, 9.17) is 10.9 Å². The Balaban J connectivity index is 2.29. The minimum atomic E-state index is -0.0603. The zero-order valence-electron chi connectivity index (χ0n) is 11.1. The maximum atomic E-state index is 8.71. The van der Waals surface area contributed by atoms with Crippen molar-refractivity contribution in [3.8, 4) is 0 Å². The third kappa shape index (κ3) is 2.59. The maximum absolute atomic E-state index is 8.71. The fourth-order valence-electron chi connectivity index (χ4n) is 1.97. The third-order valence-corrected chi connectivity index (χ3v) is 3.10. The van der Waals surface area contributed by atoms with Gasteiger partial charge < -0.3 is 15.8 Å². The van der Waals surface area contributed by atoms with Crippen molar-refractivity contribution in [2.24, 2.45) is 16.8 Å². The Morgan fingerprint density at radius 1 is 1.58 bits per heavy atom. The van der Waals surface area contributed by atoms with Crippen LogP contribution >= 0.6 is 0 Å². The topological polar surface area (TPSA) is 92.0 Å². The number of amidine groups is 1. The number of aromatic nitrogens is 3. The van der Waals surface area contributed by atoms with Crippen molar-refractivity contribution in [3.63, 3.8) is 0 Å². The monoisotopic (exact) mass is 262 g/mol. The normalized spacial score (nSPS) is 13.7. The molecule has 0 radical (unpaired) electrons. The number of nitrogens with two attached hydrogens (primary N) is 1. The Kier molecular flexibility index (Phi) is 3.84. The zero-order valence-corrected chi connectivity index (χ0v) is 11.1. The first kappa shape index (κ1) is 13.1. The summed E-state index contributed by atoms with van der Waals surface area (Å²) in [5.41, 5.74) is 6.57. The molecule has 0 aliphatic carbocycles. The molecule has 1 atom stereocenters. The summed E-state index contributed by atoms with van der Waals surface area (Å²) in [5, 5.41) is 16.0. The molecule has 0 aliphatic heterocycles. The standard InChI is InChI=1S/C12H18N6O/c1-3-17(8-9(2)11(13)16-19)12-10-4-5-15-18(10)7-6-14-12/h4-7,9,19H,3,8H2,1-2H3,(H2,13,16). The molecule has 19 heavy (non-hydrogen) atoms. The smallest absolute Gasteiger partial charge is 0.154 e. The highest BCUT2D eigenvalue weighted by atomic mass is 16.4. The molecule has 7 heteroatoms. The van der Waals surface area contributed by atoms with E-state index in [9.17, 15) is 0 Å². The van der Waals surface area contributed by atoms with E-state index in [-0.39, 0.29) is 11.8 Å². The fourth-order valence-corrected chi connectivity index (χ4v) is 1.97. The molecular weight excluding hydrogens is 244 g/mol. The van der Waals surface area contributed by atoms with Gasteiger partial charge in [0.05, 0.1) is 6.20 Å². The molecule has 102 valence electrons. The van der Waals surface area contributed by atoms with Crippen LogP contribution in [0.5, 0.6) is 0 Å². The van der Waals surface area contributed by atoms with Gasteiger partial charge in [-0.25, -0.2) is 9.50 Å². The maximum Gasteiger partial charge on any atom is 0.154 e. The molecule has 0 amide bonds. The molecule has 1 unspecified atom stereocenters. The quantitative estimate of drug-likeness (QED) is 0.362. The van der Waals surface area contributed by atoms with Crippen LogP contribution in [0.15, 0.2) is 29.8 Å². The van der Waals surface area contributed by atoms with Crippen molar-refractivity contribution in [3.05, 3.63) is 24.7 Å². The Labute approximate surface area is 111 Å². The number of nitrogens with zero attached hydrogens (tertiary/aromatic N) is 5. The van der Waals surface area contributed by atoms with Crippen molar-refractivity contribution in [1.29, 1.82) is 0 Å². The second-order valence-corrected chi connectivity index (χ2v) is 4.38. The molecule has 2 aromatic rings. The minimum Gasteiger partial charge on any atom is -0.409 e.